The normalized spacial score (nSPS) is 11.6. The maximum atomic E-state index is 12.0. The zero-order chi connectivity index (χ0) is 25.5. The second kappa shape index (κ2) is 11.6. The van der Waals surface area contributed by atoms with Crippen molar-refractivity contribution in [1.29, 1.82) is 0 Å². The molecule has 3 nitrogen and oxygen atoms in total. The summed E-state index contributed by atoms with van der Waals surface area (Å²) in [6.07, 6.45) is -3.45. The van der Waals surface area contributed by atoms with Crippen LogP contribution in [0.25, 0.3) is 0 Å². The van der Waals surface area contributed by atoms with Gasteiger partial charge in [0.2, 0.25) is 0 Å². The molecule has 4 rings (SSSR count). The second-order valence-electron chi connectivity index (χ2n) is 7.41. The molecule has 0 aliphatic heterocycles. The van der Waals surface area contributed by atoms with Gasteiger partial charge in [0.05, 0.1) is 21.4 Å². The summed E-state index contributed by atoms with van der Waals surface area (Å²) in [6.45, 7) is 2.20. The summed E-state index contributed by atoms with van der Waals surface area (Å²) in [5, 5.41) is 0. The number of halogens is 3. The van der Waals surface area contributed by atoms with Crippen LogP contribution >= 0.6 is 0 Å². The number of benzene rings is 4. The first-order chi connectivity index (χ1) is 16.6. The zero-order valence-corrected chi connectivity index (χ0v) is 20.4. The smallest absolute Gasteiger partial charge is 0.416 e. The lowest BCUT2D eigenvalue weighted by molar-refractivity contribution is -0.137. The van der Waals surface area contributed by atoms with Gasteiger partial charge in [0.15, 0.2) is 14.7 Å². The third-order valence-corrected chi connectivity index (χ3v) is 8.08. The van der Waals surface area contributed by atoms with Crippen molar-refractivity contribution in [3.63, 3.8) is 0 Å². The number of rotatable bonds is 5. The molecule has 0 heterocycles. The monoisotopic (exact) mass is 516 g/mol. The Balaban J connectivity index is 0.000000214. The second-order valence-corrected chi connectivity index (χ2v) is 10.8. The van der Waals surface area contributed by atoms with E-state index < -0.39 is 26.8 Å². The van der Waals surface area contributed by atoms with Gasteiger partial charge in [0.25, 0.3) is 0 Å². The predicted molar refractivity (Wildman–Crippen MR) is 130 cm³/mol. The van der Waals surface area contributed by atoms with Gasteiger partial charge in [-0.3, -0.25) is 0 Å². The molecule has 0 aromatic heterocycles. The van der Waals surface area contributed by atoms with Crippen molar-refractivity contribution < 1.29 is 26.1 Å². The Bertz CT molecular complexity index is 1270. The molecule has 0 bridgehead atoms. The standard InChI is InChI=1S/C20H19S.C7H5F3O3S/c1-2-17-13-15-20(16-14-17)21(18-9-5-3-6-10-18)19-11-7-4-8-12-19;8-7(9,10)5-1-3-6(4-2-5)14(11,12)13/h3-16H,2H2,1H3;1-4H,(H,11,12,13)/q+1;/p-1. The molecular formula is C27H23F3O3S2. The van der Waals surface area contributed by atoms with E-state index in [9.17, 15) is 26.1 Å². The van der Waals surface area contributed by atoms with Gasteiger partial charge in [-0.25, -0.2) is 8.42 Å². The van der Waals surface area contributed by atoms with E-state index in [2.05, 4.69) is 91.9 Å². The topological polar surface area (TPSA) is 57.2 Å². The van der Waals surface area contributed by atoms with Crippen LogP contribution in [0.1, 0.15) is 18.1 Å². The molecule has 0 unspecified atom stereocenters. The van der Waals surface area contributed by atoms with Gasteiger partial charge in [-0.05, 0) is 72.6 Å². The van der Waals surface area contributed by atoms with Crippen LogP contribution in [0.15, 0.2) is 129 Å². The van der Waals surface area contributed by atoms with E-state index in [1.54, 1.807) is 0 Å². The molecule has 0 aliphatic carbocycles. The summed E-state index contributed by atoms with van der Waals surface area (Å²) in [4.78, 5) is 3.44. The number of alkyl halides is 3. The van der Waals surface area contributed by atoms with Crippen molar-refractivity contribution in [3.8, 4) is 0 Å². The van der Waals surface area contributed by atoms with Crippen molar-refractivity contribution >= 4 is 21.0 Å². The molecule has 8 heteroatoms. The molecule has 0 atom stereocenters. The number of hydrogen-bond acceptors (Lipinski definition) is 3. The van der Waals surface area contributed by atoms with E-state index in [-0.39, 0.29) is 10.9 Å². The van der Waals surface area contributed by atoms with E-state index >= 15 is 0 Å². The van der Waals surface area contributed by atoms with Crippen LogP contribution in [-0.4, -0.2) is 13.0 Å². The summed E-state index contributed by atoms with van der Waals surface area (Å²) in [5.74, 6) is 0. The maximum absolute atomic E-state index is 12.0. The lowest BCUT2D eigenvalue weighted by Gasteiger charge is -2.09. The third-order valence-electron chi connectivity index (χ3n) is 5.00. The lowest BCUT2D eigenvalue weighted by atomic mass is 10.2. The Morgan fingerprint density at radius 1 is 0.686 bits per heavy atom. The Kier molecular flexibility index (Phi) is 8.77. The Morgan fingerprint density at radius 2 is 1.11 bits per heavy atom. The third kappa shape index (κ3) is 7.45. The molecule has 0 amide bonds. The van der Waals surface area contributed by atoms with Crippen molar-refractivity contribution in [1.82, 2.24) is 0 Å². The fourth-order valence-corrected chi connectivity index (χ4v) is 5.75. The van der Waals surface area contributed by atoms with Gasteiger partial charge < -0.3 is 4.55 Å². The van der Waals surface area contributed by atoms with E-state index in [0.717, 1.165) is 6.42 Å². The molecule has 0 saturated carbocycles. The minimum atomic E-state index is -4.68. The Hall–Kier alpha value is -3.07. The predicted octanol–water partition coefficient (Wildman–Crippen LogP) is 6.95. The number of hydrogen-bond donors (Lipinski definition) is 0. The van der Waals surface area contributed by atoms with Gasteiger partial charge in [0.1, 0.15) is 10.1 Å². The average molecular weight is 517 g/mol. The van der Waals surface area contributed by atoms with Crippen LogP contribution in [0, 0.1) is 0 Å². The summed E-state index contributed by atoms with van der Waals surface area (Å²) in [5.41, 5.74) is 0.397. The molecule has 4 aromatic carbocycles. The molecule has 0 aliphatic rings. The molecule has 0 saturated heterocycles. The van der Waals surface area contributed by atoms with E-state index in [1.165, 1.54) is 20.2 Å². The van der Waals surface area contributed by atoms with Gasteiger partial charge in [-0.15, -0.1) is 0 Å². The van der Waals surface area contributed by atoms with Crippen LogP contribution in [0.4, 0.5) is 13.2 Å². The van der Waals surface area contributed by atoms with Crippen LogP contribution in [0.3, 0.4) is 0 Å². The Morgan fingerprint density at radius 3 is 1.49 bits per heavy atom. The minimum absolute atomic E-state index is 0.0249. The Labute approximate surface area is 206 Å². The minimum Gasteiger partial charge on any atom is -0.744 e. The average Bonchev–Trinajstić information content (AvgIpc) is 2.85. The maximum Gasteiger partial charge on any atom is 0.416 e. The molecule has 0 spiro atoms. The highest BCUT2D eigenvalue weighted by Crippen LogP contribution is 2.31. The summed E-state index contributed by atoms with van der Waals surface area (Å²) in [6, 6.07) is 33.0. The molecule has 0 N–H and O–H groups in total. The summed E-state index contributed by atoms with van der Waals surface area (Å²) < 4.78 is 67.0. The van der Waals surface area contributed by atoms with Gasteiger partial charge in [0, 0.05) is 0 Å². The fourth-order valence-electron chi connectivity index (χ4n) is 3.19. The number of aryl methyl sites for hydroxylation is 1. The highest BCUT2D eigenvalue weighted by molar-refractivity contribution is 7.97. The first-order valence-corrected chi connectivity index (χ1v) is 13.3. The SMILES string of the molecule is CCc1ccc([S+](c2ccccc2)c2ccccc2)cc1.O=S(=O)([O-])c1ccc(C(F)(F)F)cc1. The summed E-state index contributed by atoms with van der Waals surface area (Å²) in [7, 11) is -4.71. The van der Waals surface area contributed by atoms with Gasteiger partial charge >= 0.3 is 6.18 Å². The van der Waals surface area contributed by atoms with E-state index in [0.29, 0.717) is 24.3 Å². The van der Waals surface area contributed by atoms with Crippen LogP contribution < -0.4 is 0 Å². The molecule has 0 radical (unpaired) electrons. The molecule has 35 heavy (non-hydrogen) atoms. The largest absolute Gasteiger partial charge is 0.744 e. The molecule has 0 fully saturated rings. The summed E-state index contributed by atoms with van der Waals surface area (Å²) >= 11 is 0. The van der Waals surface area contributed by atoms with Crippen molar-refractivity contribution in [2.45, 2.75) is 39.1 Å². The lowest BCUT2D eigenvalue weighted by Crippen LogP contribution is -2.05. The van der Waals surface area contributed by atoms with Crippen molar-refractivity contribution in [2.75, 3.05) is 0 Å². The fraction of sp³-hybridized carbons (Fsp3) is 0.111. The van der Waals surface area contributed by atoms with Crippen molar-refractivity contribution in [2.24, 2.45) is 0 Å². The van der Waals surface area contributed by atoms with Crippen LogP contribution in [-0.2, 0) is 33.6 Å². The van der Waals surface area contributed by atoms with E-state index in [1.807, 2.05) is 0 Å². The molecular weight excluding hydrogens is 493 g/mol. The van der Waals surface area contributed by atoms with Gasteiger partial charge in [-0.1, -0.05) is 55.5 Å². The highest BCUT2D eigenvalue weighted by Gasteiger charge is 2.30. The molecule has 182 valence electrons. The first-order valence-electron chi connectivity index (χ1n) is 10.7. The van der Waals surface area contributed by atoms with E-state index in [4.69, 9.17) is 0 Å². The van der Waals surface area contributed by atoms with Gasteiger partial charge in [-0.2, -0.15) is 13.2 Å². The molecule has 4 aromatic rings. The highest BCUT2D eigenvalue weighted by atomic mass is 32.2. The van der Waals surface area contributed by atoms with Crippen molar-refractivity contribution in [3.05, 3.63) is 120 Å². The first kappa shape index (κ1) is 26.5. The van der Waals surface area contributed by atoms with Crippen LogP contribution in [0.2, 0.25) is 0 Å². The van der Waals surface area contributed by atoms with Crippen LogP contribution in [0.5, 0.6) is 0 Å². The zero-order valence-electron chi connectivity index (χ0n) is 18.8. The quantitative estimate of drug-likeness (QED) is 0.213.